The Labute approximate surface area is 152 Å². The van der Waals surface area contributed by atoms with Gasteiger partial charge in [0, 0.05) is 11.5 Å². The van der Waals surface area contributed by atoms with Crippen LogP contribution >= 0.6 is 34.3 Å². The topological polar surface area (TPSA) is 67.8 Å². The summed E-state index contributed by atoms with van der Waals surface area (Å²) in [6, 6.07) is 7.41. The van der Waals surface area contributed by atoms with Crippen LogP contribution in [0.2, 0.25) is 5.02 Å². The van der Waals surface area contributed by atoms with Crippen molar-refractivity contribution in [2.75, 3.05) is 5.32 Å². The number of carbonyl (C=O) groups is 1. The molecule has 0 fully saturated rings. The normalized spacial score (nSPS) is 11.0. The zero-order valence-corrected chi connectivity index (χ0v) is 15.7. The van der Waals surface area contributed by atoms with E-state index in [0.29, 0.717) is 26.0 Å². The monoisotopic (exact) mass is 378 g/mol. The molecule has 0 unspecified atom stereocenters. The molecule has 3 rings (SSSR count). The Balaban J connectivity index is 1.80. The smallest absolute Gasteiger partial charge is 0.269 e. The van der Waals surface area contributed by atoms with Crippen molar-refractivity contribution in [3.63, 3.8) is 0 Å². The zero-order chi connectivity index (χ0) is 17.3. The molecule has 3 aromatic rings. The summed E-state index contributed by atoms with van der Waals surface area (Å²) >= 11 is 8.87. The number of nitrogens with zero attached hydrogens (tertiary/aromatic N) is 3. The molecule has 8 heteroatoms. The number of halogens is 1. The molecule has 5 nitrogen and oxygen atoms in total. The van der Waals surface area contributed by atoms with Crippen molar-refractivity contribution in [3.8, 4) is 10.6 Å². The van der Waals surface area contributed by atoms with Gasteiger partial charge in [-0.1, -0.05) is 55.0 Å². The van der Waals surface area contributed by atoms with Gasteiger partial charge in [0.05, 0.1) is 15.7 Å². The van der Waals surface area contributed by atoms with Crippen LogP contribution in [0.5, 0.6) is 0 Å². The Morgan fingerprint density at radius 2 is 1.96 bits per heavy atom. The number of anilines is 1. The third kappa shape index (κ3) is 3.48. The Morgan fingerprint density at radius 1 is 1.21 bits per heavy atom. The molecular formula is C16H15ClN4OS2. The lowest BCUT2D eigenvalue weighted by Crippen LogP contribution is -2.11. The highest BCUT2D eigenvalue weighted by Crippen LogP contribution is 2.32. The average Bonchev–Trinajstić information content (AvgIpc) is 3.14. The first-order chi connectivity index (χ1) is 11.5. The number of aromatic nitrogens is 3. The summed E-state index contributed by atoms with van der Waals surface area (Å²) in [7, 11) is 0. The molecule has 0 aliphatic heterocycles. The molecule has 2 aromatic heterocycles. The molecule has 2 heterocycles. The second-order valence-corrected chi connectivity index (χ2v) is 7.88. The van der Waals surface area contributed by atoms with Crippen LogP contribution in [0.15, 0.2) is 24.3 Å². The van der Waals surface area contributed by atoms with Gasteiger partial charge in [-0.3, -0.25) is 10.1 Å². The third-order valence-corrected chi connectivity index (χ3v) is 5.92. The van der Waals surface area contributed by atoms with Crippen LogP contribution in [0.1, 0.15) is 40.1 Å². The Morgan fingerprint density at radius 3 is 2.62 bits per heavy atom. The van der Waals surface area contributed by atoms with E-state index in [1.165, 1.54) is 22.7 Å². The van der Waals surface area contributed by atoms with E-state index in [4.69, 9.17) is 11.6 Å². The second-order valence-electron chi connectivity index (χ2n) is 5.47. The fraction of sp³-hybridized carbons (Fsp3) is 0.250. The van der Waals surface area contributed by atoms with Crippen molar-refractivity contribution in [1.29, 1.82) is 0 Å². The zero-order valence-electron chi connectivity index (χ0n) is 13.3. The predicted octanol–water partition coefficient (Wildman–Crippen LogP) is 5.00. The van der Waals surface area contributed by atoms with Crippen LogP contribution in [0.4, 0.5) is 5.13 Å². The van der Waals surface area contributed by atoms with Crippen molar-refractivity contribution in [2.24, 2.45) is 0 Å². The minimum absolute atomic E-state index is 0.209. The SMILES string of the molecule is Cc1nc(C(C)C)sc1C(=O)Nc1nnc(-c2ccccc2Cl)s1. The highest BCUT2D eigenvalue weighted by molar-refractivity contribution is 7.19. The molecular weight excluding hydrogens is 364 g/mol. The molecule has 1 aromatic carbocycles. The lowest BCUT2D eigenvalue weighted by Gasteiger charge is -1.99. The number of thiazole rings is 1. The first-order valence-corrected chi connectivity index (χ1v) is 9.34. The minimum Gasteiger partial charge on any atom is -0.296 e. The van der Waals surface area contributed by atoms with Gasteiger partial charge < -0.3 is 0 Å². The predicted molar refractivity (Wildman–Crippen MR) is 99.2 cm³/mol. The number of rotatable bonds is 4. The van der Waals surface area contributed by atoms with Crippen molar-refractivity contribution in [3.05, 3.63) is 44.9 Å². The number of nitrogens with one attached hydrogen (secondary N) is 1. The Kier molecular flexibility index (Phi) is 4.93. The van der Waals surface area contributed by atoms with E-state index in [-0.39, 0.29) is 5.91 Å². The maximum Gasteiger partial charge on any atom is 0.269 e. The highest BCUT2D eigenvalue weighted by Gasteiger charge is 2.19. The summed E-state index contributed by atoms with van der Waals surface area (Å²) in [6.45, 7) is 5.95. The molecule has 1 amide bonds. The average molecular weight is 379 g/mol. The molecule has 0 bridgehead atoms. The first kappa shape index (κ1) is 17.0. The van der Waals surface area contributed by atoms with E-state index in [2.05, 4.69) is 34.3 Å². The highest BCUT2D eigenvalue weighted by atomic mass is 35.5. The molecule has 0 spiro atoms. The molecule has 0 atom stereocenters. The van der Waals surface area contributed by atoms with Crippen LogP contribution in [0.25, 0.3) is 10.6 Å². The Bertz CT molecular complexity index is 888. The van der Waals surface area contributed by atoms with Crippen LogP contribution in [-0.4, -0.2) is 21.1 Å². The number of amides is 1. The summed E-state index contributed by atoms with van der Waals surface area (Å²) in [5.74, 6) is 0.0855. The van der Waals surface area contributed by atoms with Crippen molar-refractivity contribution in [1.82, 2.24) is 15.2 Å². The third-order valence-electron chi connectivity index (χ3n) is 3.26. The van der Waals surface area contributed by atoms with E-state index < -0.39 is 0 Å². The van der Waals surface area contributed by atoms with Crippen LogP contribution in [0, 0.1) is 6.92 Å². The van der Waals surface area contributed by atoms with Crippen LogP contribution < -0.4 is 5.32 Å². The first-order valence-electron chi connectivity index (χ1n) is 7.32. The number of aryl methyl sites for hydroxylation is 1. The van der Waals surface area contributed by atoms with E-state index >= 15 is 0 Å². The molecule has 24 heavy (non-hydrogen) atoms. The van der Waals surface area contributed by atoms with Crippen LogP contribution in [-0.2, 0) is 0 Å². The molecule has 0 saturated heterocycles. The Hall–Kier alpha value is -1.83. The molecule has 0 aliphatic carbocycles. The van der Waals surface area contributed by atoms with E-state index in [9.17, 15) is 4.79 Å². The summed E-state index contributed by atoms with van der Waals surface area (Å²) in [4.78, 5) is 17.5. The standard InChI is InChI=1S/C16H15ClN4OS2/c1-8(2)14-18-9(3)12(23-14)13(22)19-16-21-20-15(24-16)10-6-4-5-7-11(10)17/h4-8H,1-3H3,(H,19,21,22). The fourth-order valence-corrected chi connectivity index (χ4v) is 4.07. The number of hydrogen-bond acceptors (Lipinski definition) is 6. The minimum atomic E-state index is -0.209. The van der Waals surface area contributed by atoms with Gasteiger partial charge in [-0.2, -0.15) is 0 Å². The maximum atomic E-state index is 12.5. The van der Waals surface area contributed by atoms with Gasteiger partial charge in [0.25, 0.3) is 5.91 Å². The van der Waals surface area contributed by atoms with Gasteiger partial charge in [0.2, 0.25) is 5.13 Å². The van der Waals surface area contributed by atoms with E-state index in [0.717, 1.165) is 16.3 Å². The molecule has 0 saturated carbocycles. The van der Waals surface area contributed by atoms with Gasteiger partial charge in [-0.15, -0.1) is 21.5 Å². The van der Waals surface area contributed by atoms with Crippen LogP contribution in [0.3, 0.4) is 0 Å². The maximum absolute atomic E-state index is 12.5. The number of hydrogen-bond donors (Lipinski definition) is 1. The lowest BCUT2D eigenvalue weighted by atomic mass is 10.2. The molecule has 124 valence electrons. The van der Waals surface area contributed by atoms with Gasteiger partial charge in [-0.25, -0.2) is 4.98 Å². The largest absolute Gasteiger partial charge is 0.296 e. The van der Waals surface area contributed by atoms with E-state index in [1.807, 2.05) is 25.1 Å². The molecule has 1 N–H and O–H groups in total. The van der Waals surface area contributed by atoms with Crippen molar-refractivity contribution >= 4 is 45.3 Å². The quantitative estimate of drug-likeness (QED) is 0.693. The lowest BCUT2D eigenvalue weighted by molar-refractivity contribution is 0.102. The molecule has 0 aliphatic rings. The van der Waals surface area contributed by atoms with Gasteiger partial charge in [-0.05, 0) is 13.0 Å². The second kappa shape index (κ2) is 6.96. The summed E-state index contributed by atoms with van der Waals surface area (Å²) < 4.78 is 0. The summed E-state index contributed by atoms with van der Waals surface area (Å²) in [5, 5.41) is 13.6. The van der Waals surface area contributed by atoms with Gasteiger partial charge in [0.1, 0.15) is 4.88 Å². The number of benzene rings is 1. The fourth-order valence-electron chi connectivity index (χ4n) is 2.05. The van der Waals surface area contributed by atoms with Gasteiger partial charge in [0.15, 0.2) is 5.01 Å². The van der Waals surface area contributed by atoms with Gasteiger partial charge >= 0.3 is 0 Å². The van der Waals surface area contributed by atoms with Crippen molar-refractivity contribution in [2.45, 2.75) is 26.7 Å². The summed E-state index contributed by atoms with van der Waals surface area (Å²) in [5.41, 5.74) is 1.53. The number of carbonyl (C=O) groups excluding carboxylic acids is 1. The van der Waals surface area contributed by atoms with E-state index in [1.54, 1.807) is 6.07 Å². The molecule has 0 radical (unpaired) electrons. The summed E-state index contributed by atoms with van der Waals surface area (Å²) in [6.07, 6.45) is 0. The van der Waals surface area contributed by atoms with Crippen molar-refractivity contribution < 1.29 is 4.79 Å².